The van der Waals surface area contributed by atoms with Gasteiger partial charge in [-0.1, -0.05) is 18.2 Å². The Bertz CT molecular complexity index is 777. The summed E-state index contributed by atoms with van der Waals surface area (Å²) in [6.07, 6.45) is 1.42. The highest BCUT2D eigenvalue weighted by atomic mass is 16.4. The third-order valence-electron chi connectivity index (χ3n) is 3.48. The molecule has 0 amide bonds. The van der Waals surface area contributed by atoms with Crippen molar-refractivity contribution in [2.45, 2.75) is 20.8 Å². The van der Waals surface area contributed by atoms with E-state index in [1.807, 2.05) is 51.1 Å². The molecule has 1 aromatic carbocycles. The van der Waals surface area contributed by atoms with Crippen LogP contribution in [0, 0.1) is 32.1 Å². The summed E-state index contributed by atoms with van der Waals surface area (Å²) < 4.78 is 2.07. The first-order chi connectivity index (χ1) is 9.95. The summed E-state index contributed by atoms with van der Waals surface area (Å²) in [7, 11) is 0. The quantitative estimate of drug-likeness (QED) is 0.692. The number of carboxylic acid groups (broad SMARTS) is 1. The molecule has 0 saturated heterocycles. The van der Waals surface area contributed by atoms with Gasteiger partial charge in [0.1, 0.15) is 11.6 Å². The molecule has 1 aromatic heterocycles. The molecule has 0 atom stereocenters. The highest BCUT2D eigenvalue weighted by molar-refractivity contribution is 5.96. The lowest BCUT2D eigenvalue weighted by atomic mass is 10.1. The average Bonchev–Trinajstić information content (AvgIpc) is 2.71. The number of hydrogen-bond donors (Lipinski definition) is 1. The fourth-order valence-electron chi connectivity index (χ4n) is 2.42. The summed E-state index contributed by atoms with van der Waals surface area (Å²) in [5, 5.41) is 17.8. The van der Waals surface area contributed by atoms with Crippen molar-refractivity contribution >= 4 is 12.0 Å². The first-order valence-electron chi connectivity index (χ1n) is 6.55. The van der Waals surface area contributed by atoms with Gasteiger partial charge in [0.25, 0.3) is 0 Å². The molecule has 0 saturated carbocycles. The van der Waals surface area contributed by atoms with Crippen LogP contribution in [0.25, 0.3) is 11.8 Å². The normalized spacial score (nSPS) is 11.2. The third kappa shape index (κ3) is 2.72. The van der Waals surface area contributed by atoms with Crippen LogP contribution in [-0.4, -0.2) is 15.6 Å². The lowest BCUT2D eigenvalue weighted by Gasteiger charge is -2.12. The highest BCUT2D eigenvalue weighted by Crippen LogP contribution is 2.24. The summed E-state index contributed by atoms with van der Waals surface area (Å²) in [5.41, 5.74) is 4.58. The van der Waals surface area contributed by atoms with Crippen LogP contribution in [0.3, 0.4) is 0 Å². The fourth-order valence-corrected chi connectivity index (χ4v) is 2.42. The van der Waals surface area contributed by atoms with Crippen molar-refractivity contribution in [1.29, 1.82) is 5.26 Å². The van der Waals surface area contributed by atoms with Crippen molar-refractivity contribution in [3.63, 3.8) is 0 Å². The zero-order chi connectivity index (χ0) is 15.6. The van der Waals surface area contributed by atoms with Crippen LogP contribution in [0.2, 0.25) is 0 Å². The van der Waals surface area contributed by atoms with E-state index in [1.165, 1.54) is 6.08 Å². The molecule has 0 aliphatic rings. The third-order valence-corrected chi connectivity index (χ3v) is 3.48. The zero-order valence-electron chi connectivity index (χ0n) is 12.2. The average molecular weight is 280 g/mol. The van der Waals surface area contributed by atoms with Gasteiger partial charge in [-0.3, -0.25) is 0 Å². The number of carboxylic acids is 1. The number of benzene rings is 1. The number of carbonyl (C=O) groups is 1. The molecule has 0 aliphatic carbocycles. The van der Waals surface area contributed by atoms with E-state index < -0.39 is 5.97 Å². The predicted octanol–water partition coefficient (Wildman–Crippen LogP) is 3.39. The Balaban J connectivity index is 2.62. The van der Waals surface area contributed by atoms with Crippen LogP contribution < -0.4 is 0 Å². The molecule has 2 aromatic rings. The Morgan fingerprint density at radius 1 is 1.29 bits per heavy atom. The summed E-state index contributed by atoms with van der Waals surface area (Å²) in [5.74, 6) is -1.21. The van der Waals surface area contributed by atoms with Crippen molar-refractivity contribution in [2.75, 3.05) is 0 Å². The minimum absolute atomic E-state index is 0.264. The van der Waals surface area contributed by atoms with Crippen molar-refractivity contribution in [1.82, 2.24) is 4.57 Å². The maximum atomic E-state index is 11.0. The number of hydrogen-bond acceptors (Lipinski definition) is 2. The number of aromatic nitrogens is 1. The molecule has 0 aliphatic heterocycles. The van der Waals surface area contributed by atoms with E-state index in [2.05, 4.69) is 4.57 Å². The Morgan fingerprint density at radius 3 is 2.52 bits per heavy atom. The molecule has 0 spiro atoms. The van der Waals surface area contributed by atoms with E-state index in [1.54, 1.807) is 6.07 Å². The summed E-state index contributed by atoms with van der Waals surface area (Å²) in [6.45, 7) is 5.91. The van der Waals surface area contributed by atoms with Gasteiger partial charge in [0.15, 0.2) is 0 Å². The smallest absolute Gasteiger partial charge is 0.346 e. The summed E-state index contributed by atoms with van der Waals surface area (Å²) >= 11 is 0. The number of rotatable bonds is 3. The van der Waals surface area contributed by atoms with E-state index >= 15 is 0 Å². The van der Waals surface area contributed by atoms with Crippen molar-refractivity contribution in [3.05, 3.63) is 58.4 Å². The Morgan fingerprint density at radius 2 is 1.95 bits per heavy atom. The molecule has 4 nitrogen and oxygen atoms in total. The second kappa shape index (κ2) is 5.68. The van der Waals surface area contributed by atoms with E-state index in [4.69, 9.17) is 10.4 Å². The van der Waals surface area contributed by atoms with Gasteiger partial charge in [0.2, 0.25) is 0 Å². The molecule has 0 radical (unpaired) electrons. The minimum atomic E-state index is -1.21. The second-order valence-corrected chi connectivity index (χ2v) is 4.92. The monoisotopic (exact) mass is 280 g/mol. The second-order valence-electron chi connectivity index (χ2n) is 4.92. The SMILES string of the molecule is Cc1ccccc1-n1c(C)cc(C=C(C#N)C(=O)O)c1C. The standard InChI is InChI=1S/C17H16N2O2/c1-11-6-4-5-7-16(11)19-12(2)8-14(13(19)3)9-15(10-18)17(20)21/h4-9H,1-3H3,(H,20,21). The largest absolute Gasteiger partial charge is 0.477 e. The molecule has 106 valence electrons. The number of aliphatic carboxylic acids is 1. The highest BCUT2D eigenvalue weighted by Gasteiger charge is 2.13. The molecule has 0 unspecified atom stereocenters. The molecule has 2 rings (SSSR count). The number of nitriles is 1. The minimum Gasteiger partial charge on any atom is -0.477 e. The van der Waals surface area contributed by atoms with E-state index in [-0.39, 0.29) is 5.57 Å². The van der Waals surface area contributed by atoms with Crippen molar-refractivity contribution in [2.24, 2.45) is 0 Å². The fraction of sp³-hybridized carbons (Fsp3) is 0.176. The first kappa shape index (κ1) is 14.6. The molecule has 0 bridgehead atoms. The molecule has 0 fully saturated rings. The first-order valence-corrected chi connectivity index (χ1v) is 6.55. The van der Waals surface area contributed by atoms with Crippen LogP contribution in [0.4, 0.5) is 0 Å². The lowest BCUT2D eigenvalue weighted by Crippen LogP contribution is -2.01. The molecular formula is C17H16N2O2. The van der Waals surface area contributed by atoms with Crippen LogP contribution in [0.15, 0.2) is 35.9 Å². The van der Waals surface area contributed by atoms with Gasteiger partial charge in [0, 0.05) is 17.1 Å². The number of nitrogens with zero attached hydrogens (tertiary/aromatic N) is 2. The van der Waals surface area contributed by atoms with Crippen LogP contribution >= 0.6 is 0 Å². The van der Waals surface area contributed by atoms with Crippen molar-refractivity contribution < 1.29 is 9.90 Å². The topological polar surface area (TPSA) is 66.0 Å². The number of aryl methyl sites for hydroxylation is 2. The van der Waals surface area contributed by atoms with Gasteiger partial charge in [-0.05, 0) is 50.1 Å². The lowest BCUT2D eigenvalue weighted by molar-refractivity contribution is -0.132. The van der Waals surface area contributed by atoms with Crippen LogP contribution in [0.5, 0.6) is 0 Å². The van der Waals surface area contributed by atoms with Gasteiger partial charge >= 0.3 is 5.97 Å². The molecular weight excluding hydrogens is 264 g/mol. The maximum absolute atomic E-state index is 11.0. The molecule has 1 N–H and O–H groups in total. The van der Waals surface area contributed by atoms with Crippen LogP contribution in [-0.2, 0) is 4.79 Å². The van der Waals surface area contributed by atoms with Gasteiger partial charge < -0.3 is 9.67 Å². The maximum Gasteiger partial charge on any atom is 0.346 e. The van der Waals surface area contributed by atoms with E-state index in [9.17, 15) is 4.79 Å². The van der Waals surface area contributed by atoms with Crippen molar-refractivity contribution in [3.8, 4) is 11.8 Å². The Labute approximate surface area is 123 Å². The summed E-state index contributed by atoms with van der Waals surface area (Å²) in [4.78, 5) is 11.0. The van der Waals surface area contributed by atoms with Gasteiger partial charge in [-0.25, -0.2) is 4.79 Å². The van der Waals surface area contributed by atoms with Crippen LogP contribution in [0.1, 0.15) is 22.5 Å². The number of para-hydroxylation sites is 1. The Kier molecular flexibility index (Phi) is 3.95. The summed E-state index contributed by atoms with van der Waals surface area (Å²) in [6, 6.07) is 11.6. The molecule has 4 heteroatoms. The predicted molar refractivity (Wildman–Crippen MR) is 81.2 cm³/mol. The molecule has 21 heavy (non-hydrogen) atoms. The van der Waals surface area contributed by atoms with Gasteiger partial charge in [-0.15, -0.1) is 0 Å². The van der Waals surface area contributed by atoms with Gasteiger partial charge in [-0.2, -0.15) is 5.26 Å². The van der Waals surface area contributed by atoms with Gasteiger partial charge in [0.05, 0.1) is 0 Å². The Hall–Kier alpha value is -2.80. The molecule has 1 heterocycles. The van der Waals surface area contributed by atoms with E-state index in [0.29, 0.717) is 0 Å². The zero-order valence-corrected chi connectivity index (χ0v) is 12.2. The van der Waals surface area contributed by atoms with E-state index in [0.717, 1.165) is 28.2 Å².